The van der Waals surface area contributed by atoms with E-state index in [-0.39, 0.29) is 29.9 Å². The summed E-state index contributed by atoms with van der Waals surface area (Å²) in [7, 11) is 1.51. The van der Waals surface area contributed by atoms with Gasteiger partial charge in [0.15, 0.2) is 5.65 Å². The van der Waals surface area contributed by atoms with Gasteiger partial charge < -0.3 is 10.3 Å². The van der Waals surface area contributed by atoms with Gasteiger partial charge in [-0.25, -0.2) is 9.78 Å². The Bertz CT molecular complexity index is 1230. The van der Waals surface area contributed by atoms with Gasteiger partial charge in [-0.1, -0.05) is 11.3 Å². The number of fused-ring (bicyclic) bond motifs is 1. The maximum Gasteiger partial charge on any atom is 0.329 e. The van der Waals surface area contributed by atoms with Crippen molar-refractivity contribution in [2.75, 3.05) is 5.32 Å². The van der Waals surface area contributed by atoms with E-state index in [9.17, 15) is 14.4 Å². The quantitative estimate of drug-likeness (QED) is 0.456. The van der Waals surface area contributed by atoms with Crippen LogP contribution in [0.3, 0.4) is 0 Å². The number of nitrogens with zero attached hydrogens (tertiary/aromatic N) is 4. The standard InChI is InChI=1S/C15H13N7O3S2/c1-22-11-10(12(24)19-15(22)25)16-8(17-11)2-3-9(23)18-14-21-20-13(27-14)7-4-5-26-6-7/h4-6H,2-3H2,1H3,(H,16,17)(H,18,21,23)(H,19,24,25). The topological polar surface area (TPSA) is 138 Å². The minimum atomic E-state index is -0.541. The number of hydrogen-bond acceptors (Lipinski definition) is 8. The molecule has 0 aromatic carbocycles. The molecule has 4 aromatic heterocycles. The van der Waals surface area contributed by atoms with Crippen molar-refractivity contribution in [2.45, 2.75) is 12.8 Å². The minimum Gasteiger partial charge on any atom is -0.336 e. The number of nitrogens with one attached hydrogen (secondary N) is 3. The molecule has 0 saturated carbocycles. The summed E-state index contributed by atoms with van der Waals surface area (Å²) < 4.78 is 1.24. The lowest BCUT2D eigenvalue weighted by molar-refractivity contribution is -0.116. The van der Waals surface area contributed by atoms with Crippen molar-refractivity contribution < 1.29 is 4.79 Å². The monoisotopic (exact) mass is 403 g/mol. The molecular weight excluding hydrogens is 390 g/mol. The maximum atomic E-state index is 12.1. The number of rotatable bonds is 5. The number of imidazole rings is 1. The van der Waals surface area contributed by atoms with Gasteiger partial charge in [0.1, 0.15) is 16.3 Å². The Morgan fingerprint density at radius 3 is 2.93 bits per heavy atom. The molecule has 0 aliphatic heterocycles. The lowest BCUT2D eigenvalue weighted by atomic mass is 10.3. The zero-order valence-electron chi connectivity index (χ0n) is 14.0. The van der Waals surface area contributed by atoms with E-state index in [1.165, 1.54) is 23.0 Å². The molecule has 1 amide bonds. The van der Waals surface area contributed by atoms with E-state index < -0.39 is 11.2 Å². The molecule has 4 aromatic rings. The number of carbonyl (C=O) groups is 1. The summed E-state index contributed by atoms with van der Waals surface area (Å²) >= 11 is 2.86. The fourth-order valence-electron chi connectivity index (χ4n) is 2.46. The van der Waals surface area contributed by atoms with Crippen LogP contribution in [0, 0.1) is 0 Å². The Morgan fingerprint density at radius 2 is 2.15 bits per heavy atom. The molecule has 0 unspecified atom stereocenters. The lowest BCUT2D eigenvalue weighted by Crippen LogP contribution is -2.28. The third kappa shape index (κ3) is 3.44. The Morgan fingerprint density at radius 1 is 1.30 bits per heavy atom. The average Bonchev–Trinajstić information content (AvgIpc) is 3.37. The van der Waals surface area contributed by atoms with Crippen LogP contribution in [0.25, 0.3) is 21.7 Å². The summed E-state index contributed by atoms with van der Waals surface area (Å²) in [5, 5.41) is 15.8. The number of thiophene rings is 1. The summed E-state index contributed by atoms with van der Waals surface area (Å²) in [5.41, 5.74) is 0.351. The molecule has 0 bridgehead atoms. The molecule has 4 heterocycles. The molecule has 0 saturated heterocycles. The first-order valence-corrected chi connectivity index (χ1v) is 9.61. The van der Waals surface area contributed by atoms with Crippen molar-refractivity contribution in [2.24, 2.45) is 7.05 Å². The molecule has 0 aliphatic rings. The third-order valence-electron chi connectivity index (χ3n) is 3.83. The fraction of sp³-hybridized carbons (Fsp3) is 0.200. The van der Waals surface area contributed by atoms with Crippen molar-refractivity contribution >= 4 is 44.9 Å². The highest BCUT2D eigenvalue weighted by atomic mass is 32.1. The highest BCUT2D eigenvalue weighted by Crippen LogP contribution is 2.27. The first-order valence-electron chi connectivity index (χ1n) is 7.85. The molecule has 0 spiro atoms. The van der Waals surface area contributed by atoms with Crippen LogP contribution < -0.4 is 16.6 Å². The summed E-state index contributed by atoms with van der Waals surface area (Å²) in [5.74, 6) is 0.203. The summed E-state index contributed by atoms with van der Waals surface area (Å²) in [6.07, 6.45) is 0.420. The Kier molecular flexibility index (Phi) is 4.41. The normalized spacial score (nSPS) is 11.1. The van der Waals surface area contributed by atoms with Gasteiger partial charge in [-0.3, -0.25) is 19.1 Å². The van der Waals surface area contributed by atoms with E-state index in [2.05, 4.69) is 30.5 Å². The predicted molar refractivity (Wildman–Crippen MR) is 102 cm³/mol. The molecule has 27 heavy (non-hydrogen) atoms. The molecule has 4 rings (SSSR count). The van der Waals surface area contributed by atoms with E-state index in [4.69, 9.17) is 0 Å². The lowest BCUT2D eigenvalue weighted by Gasteiger charge is -1.99. The fourth-order valence-corrected chi connectivity index (χ4v) is 3.93. The number of amides is 1. The highest BCUT2D eigenvalue weighted by Gasteiger charge is 2.13. The second kappa shape index (κ2) is 6.89. The second-order valence-corrected chi connectivity index (χ2v) is 7.43. The summed E-state index contributed by atoms with van der Waals surface area (Å²) in [6.45, 7) is 0. The van der Waals surface area contributed by atoms with Gasteiger partial charge in [-0.2, -0.15) is 11.3 Å². The number of aromatic nitrogens is 6. The highest BCUT2D eigenvalue weighted by molar-refractivity contribution is 7.19. The van der Waals surface area contributed by atoms with Gasteiger partial charge in [0.05, 0.1) is 0 Å². The SMILES string of the molecule is Cn1c(=O)[nH]c(=O)c2[nH]c(CCC(=O)Nc3nnc(-c4ccsc4)s3)nc21. The number of hydrogen-bond donors (Lipinski definition) is 3. The van der Waals surface area contributed by atoms with Crippen LogP contribution in [-0.4, -0.2) is 35.6 Å². The van der Waals surface area contributed by atoms with Crippen LogP contribution in [0.15, 0.2) is 26.4 Å². The summed E-state index contributed by atoms with van der Waals surface area (Å²) in [4.78, 5) is 44.8. The van der Waals surface area contributed by atoms with Gasteiger partial charge >= 0.3 is 5.69 Å². The minimum absolute atomic E-state index is 0.138. The number of carbonyl (C=O) groups excluding carboxylic acids is 1. The smallest absolute Gasteiger partial charge is 0.329 e. The Balaban J connectivity index is 1.43. The first-order chi connectivity index (χ1) is 13.0. The van der Waals surface area contributed by atoms with Crippen molar-refractivity contribution in [3.05, 3.63) is 43.5 Å². The Hall–Kier alpha value is -3.12. The molecule has 12 heteroatoms. The van der Waals surface area contributed by atoms with Crippen molar-refractivity contribution in [1.82, 2.24) is 29.7 Å². The average molecular weight is 403 g/mol. The number of anilines is 1. The van der Waals surface area contributed by atoms with E-state index in [1.807, 2.05) is 16.8 Å². The number of aryl methyl sites for hydroxylation is 2. The molecule has 3 N–H and O–H groups in total. The van der Waals surface area contributed by atoms with Crippen LogP contribution in [0.2, 0.25) is 0 Å². The van der Waals surface area contributed by atoms with Crippen LogP contribution in [0.5, 0.6) is 0 Å². The van der Waals surface area contributed by atoms with E-state index >= 15 is 0 Å². The van der Waals surface area contributed by atoms with Crippen LogP contribution in [0.1, 0.15) is 12.2 Å². The summed E-state index contributed by atoms with van der Waals surface area (Å²) in [6, 6.07) is 1.94. The predicted octanol–water partition coefficient (Wildman–Crippen LogP) is 1.10. The number of H-pyrrole nitrogens is 2. The largest absolute Gasteiger partial charge is 0.336 e. The molecule has 0 atom stereocenters. The molecule has 0 aliphatic carbocycles. The second-order valence-electron chi connectivity index (χ2n) is 5.67. The zero-order valence-corrected chi connectivity index (χ0v) is 15.6. The van der Waals surface area contributed by atoms with Crippen molar-refractivity contribution in [3.63, 3.8) is 0 Å². The molecule has 0 radical (unpaired) electrons. The van der Waals surface area contributed by atoms with Crippen LogP contribution in [0.4, 0.5) is 5.13 Å². The van der Waals surface area contributed by atoms with E-state index in [1.54, 1.807) is 11.3 Å². The maximum absolute atomic E-state index is 12.1. The number of aromatic amines is 2. The molecular formula is C15H13N7O3S2. The first kappa shape index (κ1) is 17.3. The van der Waals surface area contributed by atoms with Crippen molar-refractivity contribution in [3.8, 4) is 10.6 Å². The third-order valence-corrected chi connectivity index (χ3v) is 5.40. The molecule has 138 valence electrons. The molecule has 10 nitrogen and oxygen atoms in total. The van der Waals surface area contributed by atoms with Gasteiger partial charge in [-0.15, -0.1) is 10.2 Å². The van der Waals surface area contributed by atoms with E-state index in [0.29, 0.717) is 11.0 Å². The van der Waals surface area contributed by atoms with Gasteiger partial charge in [0.2, 0.25) is 11.0 Å². The van der Waals surface area contributed by atoms with Gasteiger partial charge in [-0.05, 0) is 11.4 Å². The van der Waals surface area contributed by atoms with Crippen LogP contribution >= 0.6 is 22.7 Å². The van der Waals surface area contributed by atoms with Gasteiger partial charge in [0.25, 0.3) is 5.56 Å². The van der Waals surface area contributed by atoms with Gasteiger partial charge in [0, 0.05) is 30.8 Å². The van der Waals surface area contributed by atoms with Crippen LogP contribution in [-0.2, 0) is 18.3 Å². The zero-order chi connectivity index (χ0) is 19.0. The Labute approximate surface area is 158 Å². The van der Waals surface area contributed by atoms with E-state index in [0.717, 1.165) is 10.6 Å². The molecule has 0 fully saturated rings. The van der Waals surface area contributed by atoms with Crippen molar-refractivity contribution in [1.29, 1.82) is 0 Å².